The largest absolute Gasteiger partial charge is 0.462 e. The van der Waals surface area contributed by atoms with E-state index in [1.54, 1.807) is 38.1 Å². The van der Waals surface area contributed by atoms with Gasteiger partial charge in [0.25, 0.3) is 5.91 Å². The molecule has 188 valence electrons. The lowest BCUT2D eigenvalue weighted by atomic mass is 10.2. The van der Waals surface area contributed by atoms with E-state index >= 15 is 0 Å². The van der Waals surface area contributed by atoms with E-state index in [1.165, 1.54) is 16.0 Å². The number of hydrogen-bond acceptors (Lipinski definition) is 9. The monoisotopic (exact) mass is 517 g/mol. The first-order chi connectivity index (χ1) is 18.0. The fourth-order valence-electron chi connectivity index (χ4n) is 3.34. The Morgan fingerprint density at radius 3 is 2.38 bits per heavy atom. The summed E-state index contributed by atoms with van der Waals surface area (Å²) < 4.78 is 11.7. The van der Waals surface area contributed by atoms with Gasteiger partial charge in [-0.25, -0.2) is 9.59 Å². The summed E-state index contributed by atoms with van der Waals surface area (Å²) in [7, 11) is 0. The number of carbonyl (C=O) groups is 3. The van der Waals surface area contributed by atoms with Crippen molar-refractivity contribution < 1.29 is 23.9 Å². The number of esters is 2. The van der Waals surface area contributed by atoms with Crippen LogP contribution >= 0.6 is 11.3 Å². The van der Waals surface area contributed by atoms with Crippen molar-refractivity contribution in [3.05, 3.63) is 83.0 Å². The molecule has 37 heavy (non-hydrogen) atoms. The van der Waals surface area contributed by atoms with Crippen molar-refractivity contribution >= 4 is 46.6 Å². The number of anilines is 1. The summed E-state index contributed by atoms with van der Waals surface area (Å²) in [5.41, 5.74) is 1.92. The second-order valence-electron chi connectivity index (χ2n) is 7.64. The van der Waals surface area contributed by atoms with E-state index in [9.17, 15) is 14.4 Å². The second kappa shape index (κ2) is 11.9. The van der Waals surface area contributed by atoms with Gasteiger partial charge in [-0.3, -0.25) is 4.79 Å². The lowest BCUT2D eigenvalue weighted by molar-refractivity contribution is -0.141. The van der Waals surface area contributed by atoms with Crippen LogP contribution in [0.25, 0.3) is 22.2 Å². The highest BCUT2D eigenvalue weighted by Crippen LogP contribution is 2.35. The number of rotatable bonds is 9. The molecule has 0 atom stereocenters. The normalized spacial score (nSPS) is 11.1. The zero-order chi connectivity index (χ0) is 26.2. The minimum Gasteiger partial charge on any atom is -0.462 e. The molecule has 10 nitrogen and oxygen atoms in total. The van der Waals surface area contributed by atoms with Crippen LogP contribution in [0.4, 0.5) is 5.69 Å². The molecule has 1 N–H and O–H groups in total. The Labute approximate surface area is 216 Å². The van der Waals surface area contributed by atoms with Gasteiger partial charge in [0.2, 0.25) is 0 Å². The number of ether oxygens (including phenoxy) is 2. The Morgan fingerprint density at radius 1 is 1.03 bits per heavy atom. The number of nitrogens with one attached hydrogen (secondary N) is 1. The third-order valence-electron chi connectivity index (χ3n) is 5.03. The number of hydrogen-bond donors (Lipinski definition) is 1. The van der Waals surface area contributed by atoms with E-state index < -0.39 is 24.5 Å². The molecule has 0 fully saturated rings. The van der Waals surface area contributed by atoms with Crippen LogP contribution in [0.15, 0.2) is 66.7 Å². The van der Waals surface area contributed by atoms with Crippen LogP contribution < -0.4 is 5.32 Å². The Balaban J connectivity index is 1.51. The summed E-state index contributed by atoms with van der Waals surface area (Å²) >= 11 is 1.20. The first kappa shape index (κ1) is 25.5. The Morgan fingerprint density at radius 2 is 1.73 bits per heavy atom. The molecule has 0 unspecified atom stereocenters. The molecule has 0 aliphatic heterocycles. The van der Waals surface area contributed by atoms with Gasteiger partial charge in [0.05, 0.1) is 12.3 Å². The van der Waals surface area contributed by atoms with Gasteiger partial charge in [-0.1, -0.05) is 60.7 Å². The maximum absolute atomic E-state index is 12.9. The van der Waals surface area contributed by atoms with Gasteiger partial charge in [-0.15, -0.1) is 16.4 Å². The molecule has 1 amide bonds. The standard InChI is InChI=1S/C26H23N5O5S/c1-3-35-26(34)24-20(15-22(37-24)19-12-8-5-9-13-19)27-23(32)16-36-25(33)21(31-17(2)28-29-30-31)14-18-10-6-4-7-11-18/h4-15H,3,16H2,1-2H3,(H,27,32). The molecule has 0 spiro atoms. The number of aromatic nitrogens is 4. The van der Waals surface area contributed by atoms with Gasteiger partial charge in [0.15, 0.2) is 18.1 Å². The highest BCUT2D eigenvalue weighted by molar-refractivity contribution is 7.18. The Bertz CT molecular complexity index is 1430. The van der Waals surface area contributed by atoms with Gasteiger partial charge < -0.3 is 14.8 Å². The summed E-state index contributed by atoms with van der Waals surface area (Å²) in [5, 5.41) is 13.9. The number of aryl methyl sites for hydroxylation is 1. The van der Waals surface area contributed by atoms with Gasteiger partial charge in [0.1, 0.15) is 4.88 Å². The quantitative estimate of drug-likeness (QED) is 0.260. The van der Waals surface area contributed by atoms with E-state index in [0.717, 1.165) is 16.0 Å². The molecule has 0 saturated carbocycles. The van der Waals surface area contributed by atoms with Crippen molar-refractivity contribution in [2.75, 3.05) is 18.5 Å². The summed E-state index contributed by atoms with van der Waals surface area (Å²) in [6, 6.07) is 20.2. The highest BCUT2D eigenvalue weighted by Gasteiger charge is 2.22. The lowest BCUT2D eigenvalue weighted by Crippen LogP contribution is -2.23. The first-order valence-corrected chi connectivity index (χ1v) is 12.1. The third kappa shape index (κ3) is 6.33. The lowest BCUT2D eigenvalue weighted by Gasteiger charge is -2.10. The molecule has 2 aromatic heterocycles. The van der Waals surface area contributed by atoms with Crippen LogP contribution in [0.5, 0.6) is 0 Å². The maximum atomic E-state index is 12.9. The molecular weight excluding hydrogens is 494 g/mol. The minimum atomic E-state index is -0.796. The van der Waals surface area contributed by atoms with Crippen LogP contribution in [-0.4, -0.2) is 51.3 Å². The summed E-state index contributed by atoms with van der Waals surface area (Å²) in [4.78, 5) is 39.2. The molecule has 0 saturated heterocycles. The van der Waals surface area contributed by atoms with Crippen LogP contribution in [0.1, 0.15) is 28.0 Å². The molecule has 2 aromatic carbocycles. The van der Waals surface area contributed by atoms with Crippen LogP contribution in [0.2, 0.25) is 0 Å². The van der Waals surface area contributed by atoms with Crippen LogP contribution in [0, 0.1) is 6.92 Å². The average molecular weight is 518 g/mol. The predicted octanol–water partition coefficient (Wildman–Crippen LogP) is 4.07. The van der Waals surface area contributed by atoms with E-state index in [4.69, 9.17) is 9.47 Å². The number of carbonyl (C=O) groups excluding carboxylic acids is 3. The minimum absolute atomic E-state index is 0.0376. The second-order valence-corrected chi connectivity index (χ2v) is 8.69. The third-order valence-corrected chi connectivity index (χ3v) is 6.19. The summed E-state index contributed by atoms with van der Waals surface area (Å²) in [6.45, 7) is 2.94. The Hall–Kier alpha value is -4.64. The van der Waals surface area contributed by atoms with Gasteiger partial charge in [-0.05, 0) is 47.5 Å². The molecule has 0 radical (unpaired) electrons. The molecule has 4 rings (SSSR count). The zero-order valence-corrected chi connectivity index (χ0v) is 20.9. The summed E-state index contributed by atoms with van der Waals surface area (Å²) in [5.74, 6) is -1.60. The molecule has 2 heterocycles. The number of benzene rings is 2. The Kier molecular flexibility index (Phi) is 8.16. The van der Waals surface area contributed by atoms with Gasteiger partial charge in [0, 0.05) is 4.88 Å². The molecule has 0 aliphatic carbocycles. The molecule has 0 aliphatic rings. The molecule has 11 heteroatoms. The number of nitrogens with zero attached hydrogens (tertiary/aromatic N) is 4. The van der Waals surface area contributed by atoms with Crippen molar-refractivity contribution in [1.82, 2.24) is 20.2 Å². The van der Waals surface area contributed by atoms with E-state index in [-0.39, 0.29) is 22.9 Å². The number of tetrazole rings is 1. The smallest absolute Gasteiger partial charge is 0.357 e. The zero-order valence-electron chi connectivity index (χ0n) is 20.1. The van der Waals surface area contributed by atoms with Gasteiger partial charge >= 0.3 is 11.9 Å². The maximum Gasteiger partial charge on any atom is 0.357 e. The number of amides is 1. The van der Waals surface area contributed by atoms with Crippen LogP contribution in [0.3, 0.4) is 0 Å². The molecule has 4 aromatic rings. The van der Waals surface area contributed by atoms with E-state index in [0.29, 0.717) is 5.82 Å². The fourth-order valence-corrected chi connectivity index (χ4v) is 4.35. The first-order valence-electron chi connectivity index (χ1n) is 11.3. The van der Waals surface area contributed by atoms with Gasteiger partial charge in [-0.2, -0.15) is 4.68 Å². The van der Waals surface area contributed by atoms with Crippen LogP contribution in [-0.2, 0) is 19.1 Å². The van der Waals surface area contributed by atoms with Crippen molar-refractivity contribution in [1.29, 1.82) is 0 Å². The van der Waals surface area contributed by atoms with Crippen molar-refractivity contribution in [3.63, 3.8) is 0 Å². The van der Waals surface area contributed by atoms with E-state index in [1.807, 2.05) is 48.5 Å². The predicted molar refractivity (Wildman–Crippen MR) is 138 cm³/mol. The van der Waals surface area contributed by atoms with Crippen molar-refractivity contribution in [2.24, 2.45) is 0 Å². The molecular formula is C26H23N5O5S. The number of thiophene rings is 1. The molecule has 0 bridgehead atoms. The SMILES string of the molecule is CCOC(=O)c1sc(-c2ccccc2)cc1NC(=O)COC(=O)C(=Cc1ccccc1)n1nnnc1C. The topological polar surface area (TPSA) is 125 Å². The fraction of sp³-hybridized carbons (Fsp3) is 0.154. The van der Waals surface area contributed by atoms with Crippen molar-refractivity contribution in [2.45, 2.75) is 13.8 Å². The van der Waals surface area contributed by atoms with Crippen molar-refractivity contribution in [3.8, 4) is 10.4 Å². The summed E-state index contributed by atoms with van der Waals surface area (Å²) in [6.07, 6.45) is 1.56. The average Bonchev–Trinajstić information content (AvgIpc) is 3.53. The van der Waals surface area contributed by atoms with E-state index in [2.05, 4.69) is 20.8 Å². The highest BCUT2D eigenvalue weighted by atomic mass is 32.1.